The minimum atomic E-state index is -0.152. The van der Waals surface area contributed by atoms with Crippen LogP contribution in [0.15, 0.2) is 18.2 Å². The zero-order valence-electron chi connectivity index (χ0n) is 11.1. The van der Waals surface area contributed by atoms with Crippen LogP contribution in [0.1, 0.15) is 39.6 Å². The van der Waals surface area contributed by atoms with Gasteiger partial charge in [-0.05, 0) is 25.5 Å². The van der Waals surface area contributed by atoms with E-state index < -0.39 is 0 Å². The summed E-state index contributed by atoms with van der Waals surface area (Å²) in [4.78, 5) is 25.7. The van der Waals surface area contributed by atoms with Gasteiger partial charge in [0.15, 0.2) is 0 Å². The highest BCUT2D eigenvalue weighted by atomic mass is 33.1. The summed E-state index contributed by atoms with van der Waals surface area (Å²) < 4.78 is 0. The highest BCUT2D eigenvalue weighted by Gasteiger charge is 2.34. The summed E-state index contributed by atoms with van der Waals surface area (Å²) in [5, 5.41) is 0. The first-order chi connectivity index (χ1) is 9.15. The van der Waals surface area contributed by atoms with Crippen molar-refractivity contribution in [2.75, 3.05) is 18.1 Å². The predicted octanol–water partition coefficient (Wildman–Crippen LogP) is 3.38. The Bertz CT molecular complexity index is 502. The monoisotopic (exact) mass is 295 g/mol. The number of carbonyl (C=O) groups is 2. The summed E-state index contributed by atoms with van der Waals surface area (Å²) in [5.41, 5.74) is 2.10. The Kier molecular flexibility index (Phi) is 4.93. The number of hydrogen-bond acceptors (Lipinski definition) is 4. The van der Waals surface area contributed by atoms with Gasteiger partial charge in [0.1, 0.15) is 0 Å². The molecule has 19 heavy (non-hydrogen) atoms. The SMILES string of the molecule is CCCSSCCN1C(=O)c2ccc(C)cc2C1=O. The van der Waals surface area contributed by atoms with Gasteiger partial charge in [-0.25, -0.2) is 0 Å². The molecule has 1 heterocycles. The third kappa shape index (κ3) is 3.15. The van der Waals surface area contributed by atoms with Crippen LogP contribution in [0.3, 0.4) is 0 Å². The number of aryl methyl sites for hydroxylation is 1. The molecule has 2 rings (SSSR count). The molecule has 0 bridgehead atoms. The van der Waals surface area contributed by atoms with Crippen LogP contribution in [0, 0.1) is 6.92 Å². The highest BCUT2D eigenvalue weighted by Crippen LogP contribution is 2.26. The molecule has 2 amide bonds. The van der Waals surface area contributed by atoms with Gasteiger partial charge in [0, 0.05) is 18.1 Å². The van der Waals surface area contributed by atoms with Crippen molar-refractivity contribution in [3.05, 3.63) is 34.9 Å². The predicted molar refractivity (Wildman–Crippen MR) is 81.8 cm³/mol. The van der Waals surface area contributed by atoms with Crippen molar-refractivity contribution in [3.63, 3.8) is 0 Å². The third-order valence-electron chi connectivity index (χ3n) is 2.90. The Labute approximate surface area is 121 Å². The van der Waals surface area contributed by atoms with Gasteiger partial charge in [-0.3, -0.25) is 14.5 Å². The molecule has 3 nitrogen and oxygen atoms in total. The lowest BCUT2D eigenvalue weighted by Crippen LogP contribution is -2.31. The molecule has 0 saturated carbocycles. The molecule has 1 aliphatic rings. The lowest BCUT2D eigenvalue weighted by molar-refractivity contribution is 0.0664. The number of benzene rings is 1. The molecule has 0 spiro atoms. The number of fused-ring (bicyclic) bond motifs is 1. The standard InChI is InChI=1S/C14H17NO2S2/c1-3-7-18-19-8-6-15-13(16)11-5-4-10(2)9-12(11)14(15)17/h4-5,9H,3,6-8H2,1-2H3. The van der Waals surface area contributed by atoms with Crippen molar-refractivity contribution in [3.8, 4) is 0 Å². The molecule has 0 saturated heterocycles. The molecule has 0 aromatic heterocycles. The van der Waals surface area contributed by atoms with Gasteiger partial charge in [-0.15, -0.1) is 0 Å². The second-order valence-electron chi connectivity index (χ2n) is 4.45. The first-order valence-electron chi connectivity index (χ1n) is 6.36. The van der Waals surface area contributed by atoms with Crippen LogP contribution in [0.25, 0.3) is 0 Å². The smallest absolute Gasteiger partial charge is 0.261 e. The minimum Gasteiger partial charge on any atom is -0.273 e. The maximum Gasteiger partial charge on any atom is 0.261 e. The molecule has 0 radical (unpaired) electrons. The van der Waals surface area contributed by atoms with E-state index in [1.54, 1.807) is 33.7 Å². The van der Waals surface area contributed by atoms with Crippen molar-refractivity contribution in [1.82, 2.24) is 4.90 Å². The minimum absolute atomic E-state index is 0.148. The molecule has 102 valence electrons. The van der Waals surface area contributed by atoms with E-state index >= 15 is 0 Å². The first kappa shape index (κ1) is 14.5. The fourth-order valence-corrected chi connectivity index (χ4v) is 4.03. The van der Waals surface area contributed by atoms with E-state index in [2.05, 4.69) is 6.92 Å². The Morgan fingerprint density at radius 2 is 1.74 bits per heavy atom. The Morgan fingerprint density at radius 3 is 2.47 bits per heavy atom. The molecular formula is C14H17NO2S2. The highest BCUT2D eigenvalue weighted by molar-refractivity contribution is 8.76. The van der Waals surface area contributed by atoms with E-state index in [9.17, 15) is 9.59 Å². The maximum absolute atomic E-state index is 12.2. The normalized spacial score (nSPS) is 14.1. The van der Waals surface area contributed by atoms with Crippen LogP contribution in [-0.2, 0) is 0 Å². The largest absolute Gasteiger partial charge is 0.273 e. The second-order valence-corrected chi connectivity index (χ2v) is 7.16. The Hall–Kier alpha value is -0.940. The number of nitrogens with zero attached hydrogens (tertiary/aromatic N) is 1. The number of amides is 2. The van der Waals surface area contributed by atoms with Crippen LogP contribution in [-0.4, -0.2) is 34.8 Å². The number of rotatable bonds is 6. The van der Waals surface area contributed by atoms with Gasteiger partial charge < -0.3 is 0 Å². The molecule has 1 aromatic carbocycles. The van der Waals surface area contributed by atoms with E-state index in [1.165, 1.54) is 4.90 Å². The second kappa shape index (κ2) is 6.48. The summed E-state index contributed by atoms with van der Waals surface area (Å²) in [6.45, 7) is 4.56. The van der Waals surface area contributed by atoms with Gasteiger partial charge in [-0.1, -0.05) is 40.1 Å². The maximum atomic E-state index is 12.2. The summed E-state index contributed by atoms with van der Waals surface area (Å²) >= 11 is 0. The third-order valence-corrected chi connectivity index (χ3v) is 5.49. The quantitative estimate of drug-likeness (QED) is 0.458. The summed E-state index contributed by atoms with van der Waals surface area (Å²) in [6.07, 6.45) is 1.14. The Balaban J connectivity index is 1.98. The van der Waals surface area contributed by atoms with E-state index in [0.717, 1.165) is 23.5 Å². The topological polar surface area (TPSA) is 37.4 Å². The van der Waals surface area contributed by atoms with Crippen LogP contribution in [0.2, 0.25) is 0 Å². The van der Waals surface area contributed by atoms with E-state index in [4.69, 9.17) is 0 Å². The summed E-state index contributed by atoms with van der Waals surface area (Å²) in [6, 6.07) is 5.43. The van der Waals surface area contributed by atoms with Gasteiger partial charge >= 0.3 is 0 Å². The average Bonchev–Trinajstić information content (AvgIpc) is 2.63. The Morgan fingerprint density at radius 1 is 1.05 bits per heavy atom. The first-order valence-corrected chi connectivity index (χ1v) is 8.85. The van der Waals surface area contributed by atoms with Crippen molar-refractivity contribution in [2.45, 2.75) is 20.3 Å². The molecule has 5 heteroatoms. The molecule has 0 atom stereocenters. The van der Waals surface area contributed by atoms with E-state index in [0.29, 0.717) is 17.7 Å². The zero-order chi connectivity index (χ0) is 13.8. The van der Waals surface area contributed by atoms with Gasteiger partial charge in [0.25, 0.3) is 11.8 Å². The summed E-state index contributed by atoms with van der Waals surface area (Å²) in [7, 11) is 3.51. The van der Waals surface area contributed by atoms with E-state index in [-0.39, 0.29) is 11.8 Å². The van der Waals surface area contributed by atoms with Gasteiger partial charge in [0.2, 0.25) is 0 Å². The van der Waals surface area contributed by atoms with Crippen LogP contribution >= 0.6 is 21.6 Å². The van der Waals surface area contributed by atoms with Gasteiger partial charge in [0.05, 0.1) is 11.1 Å². The van der Waals surface area contributed by atoms with Gasteiger partial charge in [-0.2, -0.15) is 0 Å². The van der Waals surface area contributed by atoms with Crippen molar-refractivity contribution >= 4 is 33.4 Å². The number of imide groups is 1. The van der Waals surface area contributed by atoms with Crippen molar-refractivity contribution in [2.24, 2.45) is 0 Å². The molecule has 1 aromatic rings. The summed E-state index contributed by atoms with van der Waals surface area (Å²) in [5.74, 6) is 1.59. The molecule has 0 aliphatic carbocycles. The van der Waals surface area contributed by atoms with Crippen LogP contribution in [0.5, 0.6) is 0 Å². The molecular weight excluding hydrogens is 278 g/mol. The van der Waals surface area contributed by atoms with Crippen LogP contribution in [0.4, 0.5) is 0 Å². The average molecular weight is 295 g/mol. The zero-order valence-corrected chi connectivity index (χ0v) is 12.8. The molecule has 0 N–H and O–H groups in total. The number of carbonyl (C=O) groups excluding carboxylic acids is 2. The lowest BCUT2D eigenvalue weighted by atomic mass is 10.1. The number of hydrogen-bond donors (Lipinski definition) is 0. The molecule has 0 fully saturated rings. The van der Waals surface area contributed by atoms with E-state index in [1.807, 2.05) is 13.0 Å². The molecule has 1 aliphatic heterocycles. The molecule has 0 unspecified atom stereocenters. The van der Waals surface area contributed by atoms with Crippen LogP contribution < -0.4 is 0 Å². The van der Waals surface area contributed by atoms with Crippen molar-refractivity contribution < 1.29 is 9.59 Å². The van der Waals surface area contributed by atoms with Crippen molar-refractivity contribution in [1.29, 1.82) is 0 Å². The fraction of sp³-hybridized carbons (Fsp3) is 0.429. The fourth-order valence-electron chi connectivity index (χ4n) is 1.94. The lowest BCUT2D eigenvalue weighted by Gasteiger charge is -2.12.